The number of hydrogen-bond acceptors (Lipinski definition) is 5. The Morgan fingerprint density at radius 1 is 1.15 bits per heavy atom. The fourth-order valence-corrected chi connectivity index (χ4v) is 2.43. The zero-order valence-electron chi connectivity index (χ0n) is 11.7. The number of allylic oxidation sites excluding steroid dienone is 4. The van der Waals surface area contributed by atoms with Crippen molar-refractivity contribution < 1.29 is 19.0 Å². The third-order valence-electron chi connectivity index (χ3n) is 3.26. The lowest BCUT2D eigenvalue weighted by Crippen LogP contribution is -2.24. The van der Waals surface area contributed by atoms with Gasteiger partial charge in [0.1, 0.15) is 0 Å². The molecule has 20 heavy (non-hydrogen) atoms. The Labute approximate surface area is 125 Å². The van der Waals surface area contributed by atoms with Gasteiger partial charge in [-0.3, -0.25) is 4.79 Å². The van der Waals surface area contributed by atoms with Gasteiger partial charge in [0.25, 0.3) is 6.29 Å². The molecule has 0 heterocycles. The van der Waals surface area contributed by atoms with Crippen LogP contribution >= 0.6 is 12.6 Å². The van der Waals surface area contributed by atoms with E-state index < -0.39 is 6.29 Å². The highest BCUT2D eigenvalue weighted by atomic mass is 32.1. The SMILES string of the molecule is O=C(CCS)OCC(OC1=CCCC1)OC1=CCCC1. The number of rotatable bonds is 8. The molecular weight excluding hydrogens is 276 g/mol. The van der Waals surface area contributed by atoms with Crippen molar-refractivity contribution in [1.82, 2.24) is 0 Å². The van der Waals surface area contributed by atoms with E-state index in [9.17, 15) is 4.79 Å². The molecule has 0 aromatic carbocycles. The zero-order chi connectivity index (χ0) is 14.2. The van der Waals surface area contributed by atoms with E-state index in [-0.39, 0.29) is 12.6 Å². The van der Waals surface area contributed by atoms with Crippen molar-refractivity contribution in [2.45, 2.75) is 51.2 Å². The summed E-state index contributed by atoms with van der Waals surface area (Å²) in [5.41, 5.74) is 0. The summed E-state index contributed by atoms with van der Waals surface area (Å²) < 4.78 is 16.8. The second-order valence-electron chi connectivity index (χ2n) is 4.95. The molecule has 0 saturated carbocycles. The van der Waals surface area contributed by atoms with Gasteiger partial charge < -0.3 is 14.2 Å². The summed E-state index contributed by atoms with van der Waals surface area (Å²) in [4.78, 5) is 11.4. The predicted octanol–water partition coefficient (Wildman–Crippen LogP) is 3.34. The van der Waals surface area contributed by atoms with Crippen LogP contribution in [0.1, 0.15) is 44.9 Å². The van der Waals surface area contributed by atoms with Gasteiger partial charge in [0.05, 0.1) is 17.9 Å². The molecule has 4 nitrogen and oxygen atoms in total. The van der Waals surface area contributed by atoms with Gasteiger partial charge in [-0.1, -0.05) is 0 Å². The van der Waals surface area contributed by atoms with Crippen LogP contribution in [-0.4, -0.2) is 24.6 Å². The molecule has 0 radical (unpaired) electrons. The lowest BCUT2D eigenvalue weighted by molar-refractivity contribution is -0.162. The van der Waals surface area contributed by atoms with E-state index in [0.717, 1.165) is 50.0 Å². The van der Waals surface area contributed by atoms with E-state index in [1.165, 1.54) is 0 Å². The molecule has 2 aliphatic carbocycles. The molecule has 2 rings (SSSR count). The molecule has 0 spiro atoms. The van der Waals surface area contributed by atoms with Crippen LogP contribution in [0.4, 0.5) is 0 Å². The van der Waals surface area contributed by atoms with Crippen LogP contribution in [0.25, 0.3) is 0 Å². The molecule has 0 unspecified atom stereocenters. The van der Waals surface area contributed by atoms with Crippen molar-refractivity contribution in [3.8, 4) is 0 Å². The van der Waals surface area contributed by atoms with Crippen LogP contribution in [0.2, 0.25) is 0 Å². The molecule has 0 saturated heterocycles. The van der Waals surface area contributed by atoms with E-state index in [1.807, 2.05) is 0 Å². The summed E-state index contributed by atoms with van der Waals surface area (Å²) in [7, 11) is 0. The molecular formula is C15H22O4S. The van der Waals surface area contributed by atoms with E-state index >= 15 is 0 Å². The van der Waals surface area contributed by atoms with Crippen molar-refractivity contribution in [2.24, 2.45) is 0 Å². The number of thiol groups is 1. The highest BCUT2D eigenvalue weighted by molar-refractivity contribution is 7.80. The quantitative estimate of drug-likeness (QED) is 0.424. The van der Waals surface area contributed by atoms with Crippen molar-refractivity contribution >= 4 is 18.6 Å². The van der Waals surface area contributed by atoms with Crippen molar-refractivity contribution in [2.75, 3.05) is 12.4 Å². The maximum atomic E-state index is 11.4. The normalized spacial score (nSPS) is 17.9. The number of carbonyl (C=O) groups excluding carboxylic acids is 1. The van der Waals surface area contributed by atoms with Gasteiger partial charge in [-0.2, -0.15) is 12.6 Å². The number of ether oxygens (including phenoxy) is 3. The average Bonchev–Trinajstić information content (AvgIpc) is 3.10. The van der Waals surface area contributed by atoms with Gasteiger partial charge in [-0.25, -0.2) is 0 Å². The molecule has 5 heteroatoms. The summed E-state index contributed by atoms with van der Waals surface area (Å²) in [5.74, 6) is 2.11. The fraction of sp³-hybridized carbons (Fsp3) is 0.667. The lowest BCUT2D eigenvalue weighted by atomic mass is 10.3. The molecule has 0 bridgehead atoms. The first-order valence-corrected chi connectivity index (χ1v) is 7.89. The largest absolute Gasteiger partial charge is 0.458 e. The second kappa shape index (κ2) is 8.25. The molecule has 0 amide bonds. The Morgan fingerprint density at radius 2 is 1.75 bits per heavy atom. The van der Waals surface area contributed by atoms with Crippen LogP contribution in [0.15, 0.2) is 23.7 Å². The number of carbonyl (C=O) groups is 1. The summed E-state index contributed by atoms with van der Waals surface area (Å²) in [6.45, 7) is 0.126. The lowest BCUT2D eigenvalue weighted by Gasteiger charge is -2.21. The molecule has 0 fully saturated rings. The molecule has 0 aromatic rings. The summed E-state index contributed by atoms with van der Waals surface area (Å²) in [6.07, 6.45) is 10.1. The van der Waals surface area contributed by atoms with Crippen LogP contribution in [-0.2, 0) is 19.0 Å². The average molecular weight is 298 g/mol. The van der Waals surface area contributed by atoms with Crippen molar-refractivity contribution in [3.63, 3.8) is 0 Å². The van der Waals surface area contributed by atoms with Crippen LogP contribution in [0, 0.1) is 0 Å². The maximum Gasteiger partial charge on any atom is 0.306 e. The third kappa shape index (κ3) is 5.12. The summed E-state index contributed by atoms with van der Waals surface area (Å²) in [6, 6.07) is 0. The van der Waals surface area contributed by atoms with Gasteiger partial charge in [0.15, 0.2) is 6.61 Å². The molecule has 0 atom stereocenters. The van der Waals surface area contributed by atoms with E-state index in [4.69, 9.17) is 14.2 Å². The smallest absolute Gasteiger partial charge is 0.306 e. The first-order valence-electron chi connectivity index (χ1n) is 7.26. The minimum atomic E-state index is -0.535. The molecule has 112 valence electrons. The minimum Gasteiger partial charge on any atom is -0.458 e. The Morgan fingerprint density at radius 3 is 2.20 bits per heavy atom. The van der Waals surface area contributed by atoms with Crippen LogP contribution in [0.3, 0.4) is 0 Å². The standard InChI is InChI=1S/C15H22O4S/c16-14(9-10-20)17-11-15(18-12-5-1-2-6-12)19-13-7-3-4-8-13/h5,7,15,20H,1-4,6,8-11H2. The Bertz CT molecular complexity index is 363. The molecule has 0 aromatic heterocycles. The first kappa shape index (κ1) is 15.3. The summed E-state index contributed by atoms with van der Waals surface area (Å²) in [5, 5.41) is 0. The number of esters is 1. The van der Waals surface area contributed by atoms with Gasteiger partial charge in [0, 0.05) is 18.6 Å². The molecule has 2 aliphatic rings. The monoisotopic (exact) mass is 298 g/mol. The van der Waals surface area contributed by atoms with E-state index in [0.29, 0.717) is 12.2 Å². The molecule has 0 N–H and O–H groups in total. The topological polar surface area (TPSA) is 44.8 Å². The van der Waals surface area contributed by atoms with Gasteiger partial charge in [-0.15, -0.1) is 0 Å². The Balaban J connectivity index is 1.83. The minimum absolute atomic E-state index is 0.126. The van der Waals surface area contributed by atoms with Crippen molar-refractivity contribution in [3.05, 3.63) is 23.7 Å². The number of hydrogen-bond donors (Lipinski definition) is 1. The van der Waals surface area contributed by atoms with Gasteiger partial charge >= 0.3 is 5.97 Å². The predicted molar refractivity (Wildman–Crippen MR) is 79.3 cm³/mol. The van der Waals surface area contributed by atoms with Crippen molar-refractivity contribution in [1.29, 1.82) is 0 Å². The van der Waals surface area contributed by atoms with Crippen LogP contribution in [0.5, 0.6) is 0 Å². The highest BCUT2D eigenvalue weighted by Gasteiger charge is 2.20. The summed E-state index contributed by atoms with van der Waals surface area (Å²) >= 11 is 4.01. The maximum absolute atomic E-state index is 11.4. The Kier molecular flexibility index (Phi) is 6.30. The fourth-order valence-electron chi connectivity index (χ4n) is 2.25. The van der Waals surface area contributed by atoms with Crippen LogP contribution < -0.4 is 0 Å². The third-order valence-corrected chi connectivity index (χ3v) is 3.48. The van der Waals surface area contributed by atoms with Gasteiger partial charge in [-0.05, 0) is 37.8 Å². The Hall–Kier alpha value is -1.10. The van der Waals surface area contributed by atoms with E-state index in [2.05, 4.69) is 24.8 Å². The van der Waals surface area contributed by atoms with Gasteiger partial charge in [0.2, 0.25) is 0 Å². The van der Waals surface area contributed by atoms with E-state index in [1.54, 1.807) is 0 Å². The first-order chi connectivity index (χ1) is 9.78. The molecule has 0 aliphatic heterocycles. The highest BCUT2D eigenvalue weighted by Crippen LogP contribution is 2.24. The second-order valence-corrected chi connectivity index (χ2v) is 5.39. The zero-order valence-corrected chi connectivity index (χ0v) is 12.6.